The summed E-state index contributed by atoms with van der Waals surface area (Å²) in [6.45, 7) is -0.0653. The molecule has 0 saturated carbocycles. The molecule has 84 valence electrons. The van der Waals surface area contributed by atoms with Crippen LogP contribution in [0.3, 0.4) is 0 Å². The van der Waals surface area contributed by atoms with Gasteiger partial charge in [0.2, 0.25) is 0 Å². The summed E-state index contributed by atoms with van der Waals surface area (Å²) in [5, 5.41) is 11.4. The molecule has 0 bridgehead atoms. The van der Waals surface area contributed by atoms with Crippen LogP contribution in [0.2, 0.25) is 0 Å². The van der Waals surface area contributed by atoms with Gasteiger partial charge in [-0.3, -0.25) is 0 Å². The van der Waals surface area contributed by atoms with Crippen LogP contribution in [0.1, 0.15) is 29.5 Å². The Kier molecular flexibility index (Phi) is 3.08. The molecule has 2 rings (SSSR count). The summed E-state index contributed by atoms with van der Waals surface area (Å²) >= 11 is 1.39. The van der Waals surface area contributed by atoms with E-state index in [4.69, 9.17) is 5.11 Å². The second-order valence-corrected chi connectivity index (χ2v) is 6.95. The molecule has 1 aliphatic rings. The molecule has 0 amide bonds. The number of nitrogens with zero attached hydrogens (tertiary/aromatic N) is 1. The first kappa shape index (κ1) is 11.0. The lowest BCUT2D eigenvalue weighted by atomic mass is 10.0. The summed E-state index contributed by atoms with van der Waals surface area (Å²) in [5.74, 6) is 0.544. The van der Waals surface area contributed by atoms with Crippen molar-refractivity contribution in [1.82, 2.24) is 4.98 Å². The maximum absolute atomic E-state index is 11.4. The van der Waals surface area contributed by atoms with Crippen molar-refractivity contribution < 1.29 is 13.5 Å². The molecule has 0 aliphatic carbocycles. The minimum absolute atomic E-state index is 0.0281. The quantitative estimate of drug-likeness (QED) is 0.844. The molecule has 6 heteroatoms. The highest BCUT2D eigenvalue weighted by Crippen LogP contribution is 2.28. The largest absolute Gasteiger partial charge is 0.389 e. The maximum Gasteiger partial charge on any atom is 0.150 e. The third kappa shape index (κ3) is 2.56. The van der Waals surface area contributed by atoms with E-state index in [9.17, 15) is 8.42 Å². The lowest BCUT2D eigenvalue weighted by Crippen LogP contribution is -2.23. The third-order valence-electron chi connectivity index (χ3n) is 2.59. The van der Waals surface area contributed by atoms with E-state index in [0.717, 1.165) is 18.5 Å². The lowest BCUT2D eigenvalue weighted by molar-refractivity contribution is 0.281. The number of sulfone groups is 1. The molecule has 0 radical (unpaired) electrons. The molecular weight excluding hydrogens is 234 g/mol. The van der Waals surface area contributed by atoms with E-state index >= 15 is 0 Å². The molecule has 1 unspecified atom stereocenters. The number of thiazole rings is 1. The average Bonchev–Trinajstić information content (AvgIpc) is 2.64. The molecule has 1 aromatic heterocycles. The number of aliphatic hydroxyl groups is 1. The Bertz CT molecular complexity index is 438. The standard InChI is InChI=1S/C9H13NO3S2/c11-4-9-10-8(5-14-9)7-2-1-3-15(12,13)6-7/h5,7,11H,1-4,6H2. The number of hydrogen-bond acceptors (Lipinski definition) is 5. The summed E-state index contributed by atoms with van der Waals surface area (Å²) in [4.78, 5) is 4.22. The van der Waals surface area contributed by atoms with Gasteiger partial charge in [0.05, 0.1) is 23.8 Å². The summed E-state index contributed by atoms with van der Waals surface area (Å²) < 4.78 is 22.9. The zero-order chi connectivity index (χ0) is 10.9. The van der Waals surface area contributed by atoms with E-state index < -0.39 is 9.84 Å². The fourth-order valence-electron chi connectivity index (χ4n) is 1.84. The van der Waals surface area contributed by atoms with Gasteiger partial charge in [-0.2, -0.15) is 0 Å². The van der Waals surface area contributed by atoms with E-state index in [2.05, 4.69) is 4.98 Å². The molecule has 0 spiro atoms. The van der Waals surface area contributed by atoms with Crippen LogP contribution in [0.15, 0.2) is 5.38 Å². The SMILES string of the molecule is O=S1(=O)CCCC(c2csc(CO)n2)C1. The van der Waals surface area contributed by atoms with Crippen molar-refractivity contribution >= 4 is 21.2 Å². The summed E-state index contributed by atoms with van der Waals surface area (Å²) in [6.07, 6.45) is 1.60. The molecule has 1 saturated heterocycles. The van der Waals surface area contributed by atoms with Crippen molar-refractivity contribution in [1.29, 1.82) is 0 Å². The fraction of sp³-hybridized carbons (Fsp3) is 0.667. The van der Waals surface area contributed by atoms with Gasteiger partial charge in [-0.05, 0) is 12.8 Å². The van der Waals surface area contributed by atoms with Gasteiger partial charge in [-0.15, -0.1) is 11.3 Å². The van der Waals surface area contributed by atoms with Crippen LogP contribution >= 0.6 is 11.3 Å². The molecule has 0 aromatic carbocycles. The Morgan fingerprint density at radius 2 is 2.40 bits per heavy atom. The van der Waals surface area contributed by atoms with Gasteiger partial charge in [0.1, 0.15) is 5.01 Å². The van der Waals surface area contributed by atoms with Gasteiger partial charge in [-0.1, -0.05) is 0 Å². The number of hydrogen-bond donors (Lipinski definition) is 1. The van der Waals surface area contributed by atoms with Crippen LogP contribution in [-0.4, -0.2) is 30.0 Å². The van der Waals surface area contributed by atoms with Gasteiger partial charge in [0.15, 0.2) is 9.84 Å². The van der Waals surface area contributed by atoms with Gasteiger partial charge in [0, 0.05) is 11.3 Å². The molecule has 1 atom stereocenters. The minimum Gasteiger partial charge on any atom is -0.389 e. The highest BCUT2D eigenvalue weighted by Gasteiger charge is 2.27. The van der Waals surface area contributed by atoms with Gasteiger partial charge >= 0.3 is 0 Å². The molecule has 1 N–H and O–H groups in total. The first-order valence-corrected chi connectivity index (χ1v) is 7.56. The molecule has 1 aromatic rings. The lowest BCUT2D eigenvalue weighted by Gasteiger charge is -2.19. The Labute approximate surface area is 92.9 Å². The zero-order valence-corrected chi connectivity index (χ0v) is 9.85. The zero-order valence-electron chi connectivity index (χ0n) is 8.22. The number of aromatic nitrogens is 1. The van der Waals surface area contributed by atoms with Crippen LogP contribution in [0.5, 0.6) is 0 Å². The molecule has 4 nitrogen and oxygen atoms in total. The van der Waals surface area contributed by atoms with Gasteiger partial charge in [-0.25, -0.2) is 13.4 Å². The predicted molar refractivity (Wildman–Crippen MR) is 58.7 cm³/mol. The van der Waals surface area contributed by atoms with E-state index in [1.54, 1.807) is 0 Å². The van der Waals surface area contributed by atoms with E-state index in [1.807, 2.05) is 5.38 Å². The van der Waals surface area contributed by atoms with E-state index in [1.165, 1.54) is 11.3 Å². The van der Waals surface area contributed by atoms with Crippen LogP contribution in [0, 0.1) is 0 Å². The van der Waals surface area contributed by atoms with Crippen molar-refractivity contribution in [2.75, 3.05) is 11.5 Å². The van der Waals surface area contributed by atoms with E-state index in [0.29, 0.717) is 10.8 Å². The summed E-state index contributed by atoms with van der Waals surface area (Å²) in [6, 6.07) is 0. The molecular formula is C9H13NO3S2. The van der Waals surface area contributed by atoms with Crippen molar-refractivity contribution in [2.24, 2.45) is 0 Å². The highest BCUT2D eigenvalue weighted by molar-refractivity contribution is 7.91. The van der Waals surface area contributed by atoms with Crippen LogP contribution in [0.4, 0.5) is 0 Å². The van der Waals surface area contributed by atoms with Crippen molar-refractivity contribution in [3.63, 3.8) is 0 Å². The maximum atomic E-state index is 11.4. The van der Waals surface area contributed by atoms with Gasteiger partial charge < -0.3 is 5.11 Å². The smallest absolute Gasteiger partial charge is 0.150 e. The van der Waals surface area contributed by atoms with E-state index in [-0.39, 0.29) is 18.3 Å². The normalized spacial score (nSPS) is 25.3. The Hall–Kier alpha value is -0.460. The molecule has 1 aliphatic heterocycles. The van der Waals surface area contributed by atoms with Crippen LogP contribution in [0.25, 0.3) is 0 Å². The van der Waals surface area contributed by atoms with Crippen molar-refractivity contribution in [3.8, 4) is 0 Å². The predicted octanol–water partition coefficient (Wildman–Crippen LogP) is 0.928. The molecule has 15 heavy (non-hydrogen) atoms. The molecule has 2 heterocycles. The van der Waals surface area contributed by atoms with Crippen LogP contribution < -0.4 is 0 Å². The first-order valence-electron chi connectivity index (χ1n) is 4.86. The van der Waals surface area contributed by atoms with Crippen LogP contribution in [-0.2, 0) is 16.4 Å². The fourth-order valence-corrected chi connectivity index (χ4v) is 4.30. The Morgan fingerprint density at radius 1 is 1.60 bits per heavy atom. The Balaban J connectivity index is 2.17. The summed E-state index contributed by atoms with van der Waals surface area (Å²) in [5.41, 5.74) is 0.826. The first-order chi connectivity index (χ1) is 7.11. The number of aliphatic hydroxyl groups excluding tert-OH is 1. The topological polar surface area (TPSA) is 67.3 Å². The Morgan fingerprint density at radius 3 is 3.00 bits per heavy atom. The second kappa shape index (κ2) is 4.19. The van der Waals surface area contributed by atoms with Gasteiger partial charge in [0.25, 0.3) is 0 Å². The third-order valence-corrected chi connectivity index (χ3v) is 5.26. The second-order valence-electron chi connectivity index (χ2n) is 3.78. The summed E-state index contributed by atoms with van der Waals surface area (Å²) in [7, 11) is -2.88. The van der Waals surface area contributed by atoms with Crippen molar-refractivity contribution in [2.45, 2.75) is 25.4 Å². The minimum atomic E-state index is -2.88. The highest BCUT2D eigenvalue weighted by atomic mass is 32.2. The number of rotatable bonds is 2. The molecule has 1 fully saturated rings. The van der Waals surface area contributed by atoms with Crippen molar-refractivity contribution in [3.05, 3.63) is 16.1 Å². The average molecular weight is 247 g/mol. The monoisotopic (exact) mass is 247 g/mol.